The molecule has 2 amide bonds. The fourth-order valence-electron chi connectivity index (χ4n) is 2.75. The first-order valence-electron chi connectivity index (χ1n) is 8.96. The molecule has 1 fully saturated rings. The van der Waals surface area contributed by atoms with Gasteiger partial charge in [-0.1, -0.05) is 25.5 Å². The molecule has 5 N–H and O–H groups in total. The Morgan fingerprint density at radius 3 is 2.63 bits per heavy atom. The molecule has 1 aliphatic rings. The van der Waals surface area contributed by atoms with E-state index in [0.29, 0.717) is 12.0 Å². The maximum absolute atomic E-state index is 12.6. The first-order valence-corrected chi connectivity index (χ1v) is 9.49. The van der Waals surface area contributed by atoms with Crippen LogP contribution < -0.4 is 5.32 Å². The van der Waals surface area contributed by atoms with Crippen LogP contribution in [0.25, 0.3) is 0 Å². The molecule has 1 heterocycles. The van der Waals surface area contributed by atoms with Crippen LogP contribution in [-0.2, 0) is 9.47 Å². The number of aliphatic hydroxyl groups excluding tert-OH is 3. The zero-order valence-corrected chi connectivity index (χ0v) is 16.6. The summed E-state index contributed by atoms with van der Waals surface area (Å²) < 4.78 is 11.1. The Morgan fingerprint density at radius 1 is 1.44 bits per heavy atom. The number of carbonyl (C=O) groups excluding carboxylic acids is 1. The molecule has 0 saturated carbocycles. The predicted octanol–water partition coefficient (Wildman–Crippen LogP) is -0.243. The normalized spacial score (nSPS) is 30.8. The van der Waals surface area contributed by atoms with Crippen molar-refractivity contribution in [2.24, 2.45) is 0 Å². The number of unbranched alkanes of at least 4 members (excludes halogenated alkanes) is 1. The second kappa shape index (κ2) is 11.2. The first kappa shape index (κ1) is 24.1. The molecular formula is C17H31ClN2O7. The summed E-state index contributed by atoms with van der Waals surface area (Å²) in [6, 6.07) is -0.734. The fourth-order valence-corrected chi connectivity index (χ4v) is 2.84. The number of alkyl halides is 1. The number of hydrogen-bond acceptors (Lipinski definition) is 7. The summed E-state index contributed by atoms with van der Waals surface area (Å²) in [5, 5.41) is 44.1. The van der Waals surface area contributed by atoms with Gasteiger partial charge in [0.1, 0.15) is 18.3 Å². The molecule has 158 valence electrons. The quantitative estimate of drug-likeness (QED) is 0.145. The van der Waals surface area contributed by atoms with E-state index in [-0.39, 0.29) is 25.6 Å². The molecule has 5 atom stereocenters. The van der Waals surface area contributed by atoms with Crippen LogP contribution in [0.3, 0.4) is 0 Å². The van der Waals surface area contributed by atoms with Crippen LogP contribution in [0.4, 0.5) is 4.79 Å². The lowest BCUT2D eigenvalue weighted by Gasteiger charge is -2.52. The van der Waals surface area contributed by atoms with Gasteiger partial charge < -0.3 is 35.2 Å². The number of amides is 2. The van der Waals surface area contributed by atoms with E-state index in [1.54, 1.807) is 6.92 Å². The Kier molecular flexibility index (Phi) is 9.96. The number of urea groups is 1. The highest BCUT2D eigenvalue weighted by Crippen LogP contribution is 2.34. The lowest BCUT2D eigenvalue weighted by Crippen LogP contribution is -2.75. The Balaban J connectivity index is 3.25. The molecule has 1 saturated heterocycles. The van der Waals surface area contributed by atoms with Crippen LogP contribution in [0.2, 0.25) is 0 Å². The number of halogens is 1. The zero-order valence-electron chi connectivity index (χ0n) is 15.8. The van der Waals surface area contributed by atoms with Gasteiger partial charge in [-0.05, 0) is 13.3 Å². The molecule has 10 heteroatoms. The number of hydrogen-bond donors (Lipinski definition) is 5. The van der Waals surface area contributed by atoms with Gasteiger partial charge in [0.25, 0.3) is 0 Å². The van der Waals surface area contributed by atoms with Crippen LogP contribution in [0.15, 0.2) is 12.2 Å². The van der Waals surface area contributed by atoms with E-state index in [2.05, 4.69) is 11.9 Å². The standard InChI is InChI=1S/C17H31ClN2O7/c1-4-5-8-26-15-17(25,14(23)13(22)12(10-21)27-15)20(9-11(2)3)16(24)19-7-6-18/h12-15,21-23,25H,2,4-10H2,1,3H3,(H,19,24)/t12-,13-,14+,15+,17+/m1/s1. The Bertz CT molecular complexity index is 496. The Morgan fingerprint density at radius 2 is 2.11 bits per heavy atom. The van der Waals surface area contributed by atoms with Crippen molar-refractivity contribution in [2.45, 2.75) is 57.0 Å². The maximum atomic E-state index is 12.6. The first-order chi connectivity index (χ1) is 12.7. The minimum Gasteiger partial charge on any atom is -0.394 e. The lowest BCUT2D eigenvalue weighted by molar-refractivity contribution is -0.371. The van der Waals surface area contributed by atoms with Crippen LogP contribution in [0.5, 0.6) is 0 Å². The van der Waals surface area contributed by atoms with Gasteiger partial charge in [-0.2, -0.15) is 0 Å². The Labute approximate surface area is 164 Å². The Hall–Kier alpha value is -0.940. The number of ether oxygens (including phenoxy) is 2. The molecule has 0 bridgehead atoms. The molecule has 1 rings (SSSR count). The second-order valence-corrected chi connectivity index (χ2v) is 6.97. The lowest BCUT2D eigenvalue weighted by atomic mass is 9.91. The summed E-state index contributed by atoms with van der Waals surface area (Å²) >= 11 is 5.60. The largest absolute Gasteiger partial charge is 0.394 e. The van der Waals surface area contributed by atoms with E-state index in [1.807, 2.05) is 6.92 Å². The third-order valence-corrected chi connectivity index (χ3v) is 4.40. The van der Waals surface area contributed by atoms with E-state index >= 15 is 0 Å². The third-order valence-electron chi connectivity index (χ3n) is 4.21. The molecule has 0 unspecified atom stereocenters. The monoisotopic (exact) mass is 410 g/mol. The molecule has 0 aromatic heterocycles. The molecule has 27 heavy (non-hydrogen) atoms. The van der Waals surface area contributed by atoms with E-state index in [0.717, 1.165) is 11.3 Å². The number of rotatable bonds is 10. The van der Waals surface area contributed by atoms with Gasteiger partial charge in [0.15, 0.2) is 0 Å². The SMILES string of the molecule is C=C(C)CN(C(=O)NCCCl)[C@@]1(O)[C@@H](OCCCC)O[C@H](CO)[C@@H](O)[C@@H]1O. The summed E-state index contributed by atoms with van der Waals surface area (Å²) in [4.78, 5) is 13.5. The van der Waals surface area contributed by atoms with Gasteiger partial charge in [0.2, 0.25) is 12.0 Å². The summed E-state index contributed by atoms with van der Waals surface area (Å²) in [5.74, 6) is 0.149. The second-order valence-electron chi connectivity index (χ2n) is 6.60. The topological polar surface area (TPSA) is 132 Å². The van der Waals surface area contributed by atoms with Gasteiger partial charge in [0, 0.05) is 25.6 Å². The van der Waals surface area contributed by atoms with Crippen molar-refractivity contribution in [3.05, 3.63) is 12.2 Å². The minimum absolute atomic E-state index is 0.128. The number of nitrogens with one attached hydrogen (secondary N) is 1. The predicted molar refractivity (Wildman–Crippen MR) is 99.2 cm³/mol. The van der Waals surface area contributed by atoms with Gasteiger partial charge >= 0.3 is 6.03 Å². The summed E-state index contributed by atoms with van der Waals surface area (Å²) in [5.41, 5.74) is -1.89. The van der Waals surface area contributed by atoms with Crippen molar-refractivity contribution in [1.29, 1.82) is 0 Å². The number of aliphatic hydroxyl groups is 4. The molecule has 0 aliphatic carbocycles. The third kappa shape index (κ3) is 5.77. The van der Waals surface area contributed by atoms with Crippen molar-refractivity contribution >= 4 is 17.6 Å². The molecule has 9 nitrogen and oxygen atoms in total. The highest BCUT2D eigenvalue weighted by Gasteiger charge is 2.60. The zero-order chi connectivity index (χ0) is 20.6. The number of carbonyl (C=O) groups is 1. The van der Waals surface area contributed by atoms with Crippen molar-refractivity contribution < 1.29 is 34.7 Å². The molecular weight excluding hydrogens is 380 g/mol. The average molecular weight is 411 g/mol. The van der Waals surface area contributed by atoms with E-state index in [4.69, 9.17) is 21.1 Å². The van der Waals surface area contributed by atoms with Crippen LogP contribution >= 0.6 is 11.6 Å². The van der Waals surface area contributed by atoms with Crippen LogP contribution in [-0.4, -0.2) is 93.9 Å². The molecule has 0 radical (unpaired) electrons. The number of nitrogens with zero attached hydrogens (tertiary/aromatic N) is 1. The van der Waals surface area contributed by atoms with Crippen LogP contribution in [0.1, 0.15) is 26.7 Å². The summed E-state index contributed by atoms with van der Waals surface area (Å²) in [6.45, 7) is 6.91. The van der Waals surface area contributed by atoms with Crippen molar-refractivity contribution in [3.8, 4) is 0 Å². The minimum atomic E-state index is -2.41. The van der Waals surface area contributed by atoms with E-state index in [1.165, 1.54) is 0 Å². The van der Waals surface area contributed by atoms with Crippen LogP contribution in [0, 0.1) is 0 Å². The molecule has 1 aliphatic heterocycles. The van der Waals surface area contributed by atoms with Crippen molar-refractivity contribution in [3.63, 3.8) is 0 Å². The van der Waals surface area contributed by atoms with E-state index < -0.39 is 43.0 Å². The molecule has 0 aromatic rings. The van der Waals surface area contributed by atoms with Gasteiger partial charge in [-0.25, -0.2) is 4.79 Å². The smallest absolute Gasteiger partial charge is 0.320 e. The average Bonchev–Trinajstić information content (AvgIpc) is 2.64. The fraction of sp³-hybridized carbons (Fsp3) is 0.824. The summed E-state index contributed by atoms with van der Waals surface area (Å²) in [7, 11) is 0. The summed E-state index contributed by atoms with van der Waals surface area (Å²) in [6.07, 6.45) is -4.69. The maximum Gasteiger partial charge on any atom is 0.320 e. The van der Waals surface area contributed by atoms with Gasteiger partial charge in [0.05, 0.1) is 6.61 Å². The highest BCUT2D eigenvalue weighted by atomic mass is 35.5. The molecule has 0 aromatic carbocycles. The highest BCUT2D eigenvalue weighted by molar-refractivity contribution is 6.18. The van der Waals surface area contributed by atoms with E-state index in [9.17, 15) is 25.2 Å². The van der Waals surface area contributed by atoms with Gasteiger partial charge in [-0.15, -0.1) is 11.6 Å². The van der Waals surface area contributed by atoms with Crippen molar-refractivity contribution in [1.82, 2.24) is 10.2 Å². The van der Waals surface area contributed by atoms with Gasteiger partial charge in [-0.3, -0.25) is 4.90 Å². The van der Waals surface area contributed by atoms with Crippen molar-refractivity contribution in [2.75, 3.05) is 32.2 Å². The molecule has 0 spiro atoms.